The summed E-state index contributed by atoms with van der Waals surface area (Å²) in [5, 5.41) is 7.43. The van der Waals surface area contributed by atoms with Crippen LogP contribution in [0.15, 0.2) is 76.1 Å². The van der Waals surface area contributed by atoms with E-state index in [1.165, 1.54) is 3.97 Å². The molecule has 2 unspecified atom stereocenters. The van der Waals surface area contributed by atoms with E-state index >= 15 is 0 Å². The van der Waals surface area contributed by atoms with Crippen LogP contribution in [0.4, 0.5) is 5.69 Å². The lowest BCUT2D eigenvalue weighted by atomic mass is 9.85. The number of hydrogen-bond donors (Lipinski definition) is 2. The van der Waals surface area contributed by atoms with Crippen LogP contribution < -0.4 is 10.6 Å². The molecular formula is C27H24BrN3O3S. The predicted molar refractivity (Wildman–Crippen MR) is 140 cm³/mol. The van der Waals surface area contributed by atoms with E-state index in [1.807, 2.05) is 56.3 Å². The first-order valence-electron chi connectivity index (χ1n) is 11.6. The minimum absolute atomic E-state index is 0.0210. The zero-order valence-corrected chi connectivity index (χ0v) is 21.7. The second-order valence-corrected chi connectivity index (χ2v) is 12.1. The number of fused-ring (bicyclic) bond motifs is 6. The highest BCUT2D eigenvalue weighted by molar-refractivity contribution is 9.10. The number of rotatable bonds is 2. The summed E-state index contributed by atoms with van der Waals surface area (Å²) in [4.78, 5) is 14.1. The highest BCUT2D eigenvalue weighted by atomic mass is 79.9. The van der Waals surface area contributed by atoms with Crippen LogP contribution in [0, 0.1) is 6.92 Å². The second-order valence-electron chi connectivity index (χ2n) is 9.40. The minimum atomic E-state index is -4.03. The van der Waals surface area contributed by atoms with Gasteiger partial charge in [-0.25, -0.2) is 12.4 Å². The number of hydrogen-bond acceptors (Lipinski definition) is 4. The van der Waals surface area contributed by atoms with Crippen molar-refractivity contribution in [1.29, 1.82) is 0 Å². The topological polar surface area (TPSA) is 80.2 Å². The van der Waals surface area contributed by atoms with Crippen LogP contribution in [0.2, 0.25) is 0 Å². The van der Waals surface area contributed by atoms with Gasteiger partial charge in [-0.05, 0) is 68.7 Å². The summed E-state index contributed by atoms with van der Waals surface area (Å²) >= 11 is 3.55. The molecule has 2 aliphatic rings. The molecular weight excluding hydrogens is 526 g/mol. The molecule has 6 rings (SSSR count). The van der Waals surface area contributed by atoms with E-state index in [-0.39, 0.29) is 16.8 Å². The Hall–Kier alpha value is -2.94. The number of aromatic nitrogens is 1. The summed E-state index contributed by atoms with van der Waals surface area (Å²) in [7, 11) is -4.03. The number of para-hydroxylation sites is 1. The average molecular weight is 550 g/mol. The molecule has 0 saturated heterocycles. The monoisotopic (exact) mass is 549 g/mol. The van der Waals surface area contributed by atoms with Crippen molar-refractivity contribution in [2.24, 2.45) is 0 Å². The molecule has 178 valence electrons. The van der Waals surface area contributed by atoms with Gasteiger partial charge in [0, 0.05) is 27.2 Å². The number of amides is 1. The zero-order chi connectivity index (χ0) is 24.5. The molecule has 0 aliphatic carbocycles. The first-order chi connectivity index (χ1) is 16.7. The lowest BCUT2D eigenvalue weighted by molar-refractivity contribution is -0.120. The molecule has 35 heavy (non-hydrogen) atoms. The number of carbonyl (C=O) groups excluding carboxylic acids is 1. The lowest BCUT2D eigenvalue weighted by Gasteiger charge is -2.32. The number of anilines is 1. The smallest absolute Gasteiger partial charge is 0.268 e. The molecule has 0 fully saturated rings. The van der Waals surface area contributed by atoms with Crippen molar-refractivity contribution in [3.8, 4) is 0 Å². The van der Waals surface area contributed by atoms with Gasteiger partial charge in [-0.15, -0.1) is 0 Å². The first-order valence-corrected chi connectivity index (χ1v) is 13.8. The Bertz CT molecular complexity index is 1630. The molecule has 0 saturated carbocycles. The Morgan fingerprint density at radius 2 is 1.80 bits per heavy atom. The third-order valence-electron chi connectivity index (χ3n) is 7.12. The summed E-state index contributed by atoms with van der Waals surface area (Å²) in [5.41, 5.74) is 2.94. The third-order valence-corrected chi connectivity index (χ3v) is 9.34. The highest BCUT2D eigenvalue weighted by Crippen LogP contribution is 2.48. The van der Waals surface area contributed by atoms with Crippen molar-refractivity contribution >= 4 is 48.5 Å². The molecule has 0 bridgehead atoms. The summed E-state index contributed by atoms with van der Waals surface area (Å²) in [5.74, 6) is -0.274. The Labute approximate surface area is 212 Å². The van der Waals surface area contributed by atoms with Crippen LogP contribution in [-0.2, 0) is 26.8 Å². The van der Waals surface area contributed by atoms with E-state index in [9.17, 15) is 13.2 Å². The molecule has 2 aliphatic heterocycles. The number of aryl methyl sites for hydroxylation is 2. The van der Waals surface area contributed by atoms with E-state index in [4.69, 9.17) is 0 Å². The molecule has 3 heterocycles. The second kappa shape index (κ2) is 7.78. The van der Waals surface area contributed by atoms with E-state index in [2.05, 4.69) is 26.6 Å². The predicted octanol–water partition coefficient (Wildman–Crippen LogP) is 5.07. The van der Waals surface area contributed by atoms with Gasteiger partial charge in [0.25, 0.3) is 15.9 Å². The van der Waals surface area contributed by atoms with Crippen LogP contribution in [-0.4, -0.2) is 24.3 Å². The highest BCUT2D eigenvalue weighted by Gasteiger charge is 2.54. The maximum atomic E-state index is 14.3. The Morgan fingerprint density at radius 1 is 1.06 bits per heavy atom. The van der Waals surface area contributed by atoms with Gasteiger partial charge in [-0.2, -0.15) is 0 Å². The van der Waals surface area contributed by atoms with Gasteiger partial charge in [0.1, 0.15) is 0 Å². The zero-order valence-electron chi connectivity index (χ0n) is 19.3. The van der Waals surface area contributed by atoms with Gasteiger partial charge in [0.2, 0.25) is 0 Å². The van der Waals surface area contributed by atoms with Crippen LogP contribution in [0.3, 0.4) is 0 Å². The molecule has 6 nitrogen and oxygen atoms in total. The van der Waals surface area contributed by atoms with Crippen LogP contribution in [0.25, 0.3) is 10.9 Å². The molecule has 8 heteroatoms. The molecule has 4 aromatic rings. The first kappa shape index (κ1) is 22.5. The van der Waals surface area contributed by atoms with Crippen LogP contribution in [0.1, 0.15) is 35.7 Å². The maximum Gasteiger partial charge on any atom is 0.268 e. The summed E-state index contributed by atoms with van der Waals surface area (Å²) in [6.07, 6.45) is 1.42. The molecule has 2 atom stereocenters. The molecule has 3 aromatic carbocycles. The van der Waals surface area contributed by atoms with E-state index in [0.717, 1.165) is 33.0 Å². The average Bonchev–Trinajstić information content (AvgIpc) is 3.25. The standard InChI is InChI=1S/C27H24BrN3O3S/c1-16-7-11-19(12-8-16)35(33,34)31-24-6-4-3-5-20(24)21-13-9-17(2)30-27(25(21)31)22-15-18(28)10-14-23(22)29-26(27)32/h3-8,10-12,14-15,17,30H,9,13H2,1-2H3,(H,29,32). The van der Waals surface area contributed by atoms with Gasteiger partial charge in [0.05, 0.1) is 16.1 Å². The largest absolute Gasteiger partial charge is 0.323 e. The van der Waals surface area contributed by atoms with Crippen molar-refractivity contribution < 1.29 is 13.2 Å². The van der Waals surface area contributed by atoms with E-state index in [0.29, 0.717) is 23.3 Å². The summed E-state index contributed by atoms with van der Waals surface area (Å²) < 4.78 is 30.8. The van der Waals surface area contributed by atoms with Gasteiger partial charge in [-0.3, -0.25) is 10.1 Å². The van der Waals surface area contributed by atoms with E-state index < -0.39 is 15.6 Å². The third kappa shape index (κ3) is 3.16. The lowest BCUT2D eigenvalue weighted by Crippen LogP contribution is -2.53. The number of carbonyl (C=O) groups is 1. The maximum absolute atomic E-state index is 14.3. The molecule has 2 N–H and O–H groups in total. The molecule has 1 aromatic heterocycles. The summed E-state index contributed by atoms with van der Waals surface area (Å²) in [6.45, 7) is 3.96. The Balaban J connectivity index is 1.78. The SMILES string of the molecule is Cc1ccc(S(=O)(=O)n2c3c(c4ccccc42)CCC(C)NC32C(=O)Nc3ccc(Br)cc32)cc1. The fraction of sp³-hybridized carbons (Fsp3) is 0.222. The van der Waals surface area contributed by atoms with Gasteiger partial charge < -0.3 is 5.32 Å². The Kier molecular flexibility index (Phi) is 5.01. The number of nitrogens with one attached hydrogen (secondary N) is 2. The number of nitrogens with zero attached hydrogens (tertiary/aromatic N) is 1. The minimum Gasteiger partial charge on any atom is -0.323 e. The van der Waals surface area contributed by atoms with Crippen molar-refractivity contribution in [2.75, 3.05) is 5.32 Å². The number of halogens is 1. The molecule has 1 amide bonds. The molecule has 1 spiro atoms. The van der Waals surface area contributed by atoms with Crippen molar-refractivity contribution in [2.45, 2.75) is 43.2 Å². The quantitative estimate of drug-likeness (QED) is 0.366. The van der Waals surface area contributed by atoms with Gasteiger partial charge in [-0.1, -0.05) is 51.8 Å². The Morgan fingerprint density at radius 3 is 2.57 bits per heavy atom. The van der Waals surface area contributed by atoms with Crippen molar-refractivity contribution in [3.63, 3.8) is 0 Å². The van der Waals surface area contributed by atoms with E-state index in [1.54, 1.807) is 24.3 Å². The van der Waals surface area contributed by atoms with Crippen LogP contribution in [0.5, 0.6) is 0 Å². The van der Waals surface area contributed by atoms with Crippen molar-refractivity contribution in [1.82, 2.24) is 9.29 Å². The summed E-state index contributed by atoms with van der Waals surface area (Å²) in [6, 6.07) is 20.0. The van der Waals surface area contributed by atoms with Crippen molar-refractivity contribution in [3.05, 3.63) is 93.6 Å². The fourth-order valence-electron chi connectivity index (χ4n) is 5.50. The fourth-order valence-corrected chi connectivity index (χ4v) is 7.45. The normalized spacial score (nSPS) is 21.6. The van der Waals surface area contributed by atoms with Gasteiger partial charge >= 0.3 is 0 Å². The number of benzene rings is 3. The van der Waals surface area contributed by atoms with Gasteiger partial charge in [0.15, 0.2) is 5.54 Å². The van der Waals surface area contributed by atoms with Crippen LogP contribution >= 0.6 is 15.9 Å². The molecule has 0 radical (unpaired) electrons.